The largest absolute Gasteiger partial charge is 0.479 e. The van der Waals surface area contributed by atoms with Gasteiger partial charge >= 0.3 is 11.9 Å². The van der Waals surface area contributed by atoms with Crippen LogP contribution in [0.1, 0.15) is 19.8 Å². The molecule has 0 amide bonds. The molecule has 0 saturated carbocycles. The Labute approximate surface area is 111 Å². The highest BCUT2D eigenvalue weighted by Crippen LogP contribution is 2.19. The van der Waals surface area contributed by atoms with E-state index >= 15 is 0 Å². The molecule has 0 aromatic rings. The summed E-state index contributed by atoms with van der Waals surface area (Å²) in [5.41, 5.74) is 0. The number of hydrogen-bond donors (Lipinski definition) is 2. The van der Waals surface area contributed by atoms with Crippen LogP contribution in [0, 0.1) is 0 Å². The number of carboxylic acid groups (broad SMARTS) is 1. The third-order valence-corrected chi connectivity index (χ3v) is 3.75. The first-order chi connectivity index (χ1) is 8.84. The molecule has 1 aliphatic rings. The molecule has 110 valence electrons. The van der Waals surface area contributed by atoms with Crippen LogP contribution < -0.4 is 4.72 Å². The molecule has 2 atom stereocenters. The number of ether oxygens (including phenoxy) is 2. The SMILES string of the molecule is CCOC(=O)CS(=O)(=O)NCC1CCC(C(=O)O)O1. The molecule has 0 aromatic carbocycles. The summed E-state index contributed by atoms with van der Waals surface area (Å²) in [4.78, 5) is 21.7. The molecule has 1 saturated heterocycles. The standard InChI is InChI=1S/C10H17NO7S/c1-2-17-9(12)6-19(15,16)11-5-7-3-4-8(18-7)10(13)14/h7-8,11H,2-6H2,1H3,(H,13,14). The molecule has 1 aliphatic heterocycles. The van der Waals surface area contributed by atoms with E-state index in [-0.39, 0.29) is 13.2 Å². The van der Waals surface area contributed by atoms with Crippen LogP contribution in [0.4, 0.5) is 0 Å². The molecule has 0 radical (unpaired) electrons. The Kier molecular flexibility index (Phi) is 5.70. The average Bonchev–Trinajstić information content (AvgIpc) is 2.74. The second-order valence-corrected chi connectivity index (χ2v) is 5.88. The highest BCUT2D eigenvalue weighted by molar-refractivity contribution is 7.90. The fourth-order valence-electron chi connectivity index (χ4n) is 1.67. The minimum absolute atomic E-state index is 0.0501. The minimum atomic E-state index is -3.78. The Hall–Kier alpha value is -1.19. The molecule has 0 aliphatic carbocycles. The first kappa shape index (κ1) is 15.9. The van der Waals surface area contributed by atoms with Crippen molar-refractivity contribution in [3.8, 4) is 0 Å². The third kappa shape index (κ3) is 5.53. The van der Waals surface area contributed by atoms with Gasteiger partial charge in [-0.15, -0.1) is 0 Å². The number of carbonyl (C=O) groups is 2. The van der Waals surface area contributed by atoms with Crippen LogP contribution in [-0.4, -0.2) is 56.6 Å². The predicted molar refractivity (Wildman–Crippen MR) is 64.0 cm³/mol. The van der Waals surface area contributed by atoms with Gasteiger partial charge in [0.2, 0.25) is 10.0 Å². The van der Waals surface area contributed by atoms with Crippen LogP contribution in [0.3, 0.4) is 0 Å². The van der Waals surface area contributed by atoms with E-state index in [4.69, 9.17) is 9.84 Å². The average molecular weight is 295 g/mol. The van der Waals surface area contributed by atoms with Crippen molar-refractivity contribution in [2.75, 3.05) is 18.9 Å². The molecule has 1 rings (SSSR count). The molecule has 2 unspecified atom stereocenters. The zero-order chi connectivity index (χ0) is 14.5. The molecule has 0 spiro atoms. The number of esters is 1. The number of nitrogens with one attached hydrogen (secondary N) is 1. The second kappa shape index (κ2) is 6.83. The Morgan fingerprint density at radius 1 is 1.42 bits per heavy atom. The third-order valence-electron chi connectivity index (χ3n) is 2.53. The number of rotatable bonds is 7. The quantitative estimate of drug-likeness (QED) is 0.584. The van der Waals surface area contributed by atoms with Gasteiger partial charge in [-0.05, 0) is 19.8 Å². The number of carboxylic acids is 1. The van der Waals surface area contributed by atoms with Crippen molar-refractivity contribution < 1.29 is 32.6 Å². The number of aliphatic carboxylic acids is 1. The summed E-state index contributed by atoms with van der Waals surface area (Å²) in [6, 6.07) is 0. The first-order valence-electron chi connectivity index (χ1n) is 5.85. The Morgan fingerprint density at radius 3 is 2.63 bits per heavy atom. The summed E-state index contributed by atoms with van der Waals surface area (Å²) in [5.74, 6) is -2.64. The summed E-state index contributed by atoms with van der Waals surface area (Å²) < 4.78 is 34.9. The maximum Gasteiger partial charge on any atom is 0.332 e. The van der Waals surface area contributed by atoms with Gasteiger partial charge < -0.3 is 14.6 Å². The maximum absolute atomic E-state index is 11.5. The molecule has 0 aromatic heterocycles. The van der Waals surface area contributed by atoms with E-state index in [1.807, 2.05) is 0 Å². The molecule has 2 N–H and O–H groups in total. The summed E-state index contributed by atoms with van der Waals surface area (Å²) in [7, 11) is -3.78. The topological polar surface area (TPSA) is 119 Å². The van der Waals surface area contributed by atoms with Crippen molar-refractivity contribution in [1.29, 1.82) is 0 Å². The van der Waals surface area contributed by atoms with E-state index < -0.39 is 39.9 Å². The van der Waals surface area contributed by atoms with Crippen LogP contribution in [0.5, 0.6) is 0 Å². The normalized spacial score (nSPS) is 23.2. The van der Waals surface area contributed by atoms with Crippen LogP contribution in [-0.2, 0) is 29.1 Å². The fourth-order valence-corrected chi connectivity index (χ4v) is 2.60. The highest BCUT2D eigenvalue weighted by atomic mass is 32.2. The van der Waals surface area contributed by atoms with Crippen molar-refractivity contribution in [3.63, 3.8) is 0 Å². The molecule has 8 nitrogen and oxygen atoms in total. The van der Waals surface area contributed by atoms with Gasteiger partial charge in [0.1, 0.15) is 0 Å². The van der Waals surface area contributed by atoms with E-state index in [1.165, 1.54) is 0 Å². The zero-order valence-corrected chi connectivity index (χ0v) is 11.3. The molecule has 9 heteroatoms. The van der Waals surface area contributed by atoms with Gasteiger partial charge in [0, 0.05) is 6.54 Å². The summed E-state index contributed by atoms with van der Waals surface area (Å²) in [5, 5.41) is 8.71. The highest BCUT2D eigenvalue weighted by Gasteiger charge is 2.31. The smallest absolute Gasteiger partial charge is 0.332 e. The van der Waals surface area contributed by atoms with Gasteiger partial charge in [-0.25, -0.2) is 17.9 Å². The lowest BCUT2D eigenvalue weighted by molar-refractivity contribution is -0.149. The van der Waals surface area contributed by atoms with E-state index in [0.29, 0.717) is 12.8 Å². The van der Waals surface area contributed by atoms with Crippen molar-refractivity contribution in [3.05, 3.63) is 0 Å². The van der Waals surface area contributed by atoms with Crippen molar-refractivity contribution >= 4 is 22.0 Å². The van der Waals surface area contributed by atoms with Gasteiger partial charge in [-0.2, -0.15) is 0 Å². The van der Waals surface area contributed by atoms with Crippen molar-refractivity contribution in [2.45, 2.75) is 32.0 Å². The van der Waals surface area contributed by atoms with Gasteiger partial charge in [-0.1, -0.05) is 0 Å². The monoisotopic (exact) mass is 295 g/mol. The fraction of sp³-hybridized carbons (Fsp3) is 0.800. The number of carbonyl (C=O) groups excluding carboxylic acids is 1. The molecule has 19 heavy (non-hydrogen) atoms. The Bertz CT molecular complexity index is 433. The van der Waals surface area contributed by atoms with Crippen molar-refractivity contribution in [1.82, 2.24) is 4.72 Å². The Morgan fingerprint density at radius 2 is 2.11 bits per heavy atom. The minimum Gasteiger partial charge on any atom is -0.479 e. The zero-order valence-electron chi connectivity index (χ0n) is 10.5. The molecule has 1 fully saturated rings. The van der Waals surface area contributed by atoms with Gasteiger partial charge in [0.15, 0.2) is 11.9 Å². The maximum atomic E-state index is 11.5. The van der Waals surface area contributed by atoms with Crippen LogP contribution in [0.2, 0.25) is 0 Å². The summed E-state index contributed by atoms with van der Waals surface area (Å²) >= 11 is 0. The first-order valence-corrected chi connectivity index (χ1v) is 7.50. The number of sulfonamides is 1. The van der Waals surface area contributed by atoms with Gasteiger partial charge in [0.25, 0.3) is 0 Å². The van der Waals surface area contributed by atoms with Gasteiger partial charge in [-0.3, -0.25) is 4.79 Å². The van der Waals surface area contributed by atoms with E-state index in [9.17, 15) is 18.0 Å². The summed E-state index contributed by atoms with van der Waals surface area (Å²) in [6.45, 7) is 1.64. The lowest BCUT2D eigenvalue weighted by Crippen LogP contribution is -2.36. The van der Waals surface area contributed by atoms with Crippen LogP contribution >= 0.6 is 0 Å². The summed E-state index contributed by atoms with van der Waals surface area (Å²) in [6.07, 6.45) is -0.573. The lowest BCUT2D eigenvalue weighted by atomic mass is 10.2. The Balaban J connectivity index is 2.36. The van der Waals surface area contributed by atoms with Crippen LogP contribution in [0.25, 0.3) is 0 Å². The molecular formula is C10H17NO7S. The lowest BCUT2D eigenvalue weighted by Gasteiger charge is -2.12. The predicted octanol–water partition coefficient (Wildman–Crippen LogP) is -0.899. The van der Waals surface area contributed by atoms with E-state index in [1.54, 1.807) is 6.92 Å². The molecule has 0 bridgehead atoms. The van der Waals surface area contributed by atoms with Crippen molar-refractivity contribution in [2.24, 2.45) is 0 Å². The molecular weight excluding hydrogens is 278 g/mol. The molecule has 1 heterocycles. The van der Waals surface area contributed by atoms with Crippen LogP contribution in [0.15, 0.2) is 0 Å². The van der Waals surface area contributed by atoms with E-state index in [0.717, 1.165) is 0 Å². The van der Waals surface area contributed by atoms with Gasteiger partial charge in [0.05, 0.1) is 12.7 Å². The number of hydrogen-bond acceptors (Lipinski definition) is 6. The second-order valence-electron chi connectivity index (χ2n) is 4.07. The van der Waals surface area contributed by atoms with E-state index in [2.05, 4.69) is 9.46 Å².